The minimum absolute atomic E-state index is 0.712. The summed E-state index contributed by atoms with van der Waals surface area (Å²) in [5, 5.41) is 0. The molecule has 2 heterocycles. The van der Waals surface area contributed by atoms with E-state index in [2.05, 4.69) is 23.0 Å². The minimum atomic E-state index is 0.712. The molecule has 0 saturated carbocycles. The summed E-state index contributed by atoms with van der Waals surface area (Å²) in [6, 6.07) is 4.00. The Morgan fingerprint density at radius 3 is 3.00 bits per heavy atom. The van der Waals surface area contributed by atoms with E-state index in [1.807, 2.05) is 6.07 Å². The summed E-state index contributed by atoms with van der Waals surface area (Å²) in [7, 11) is 3.74. The molecule has 3 heteroatoms. The minimum Gasteiger partial charge on any atom is -0.481 e. The summed E-state index contributed by atoms with van der Waals surface area (Å²) in [5.41, 5.74) is 2.47. The van der Waals surface area contributed by atoms with Crippen LogP contribution in [0.3, 0.4) is 0 Å². The van der Waals surface area contributed by atoms with Gasteiger partial charge >= 0.3 is 0 Å². The molecule has 64 valence electrons. The van der Waals surface area contributed by atoms with Gasteiger partial charge in [-0.3, -0.25) is 4.90 Å². The first kappa shape index (κ1) is 7.55. The first-order valence-corrected chi connectivity index (χ1v) is 4.01. The molecule has 1 aromatic rings. The summed E-state index contributed by atoms with van der Waals surface area (Å²) in [6.45, 7) is 1.94. The van der Waals surface area contributed by atoms with Gasteiger partial charge in [0.05, 0.1) is 12.8 Å². The van der Waals surface area contributed by atoms with Gasteiger partial charge in [0.1, 0.15) is 0 Å². The van der Waals surface area contributed by atoms with E-state index in [-0.39, 0.29) is 0 Å². The highest BCUT2D eigenvalue weighted by Gasteiger charge is 2.16. The summed E-state index contributed by atoms with van der Waals surface area (Å²) in [5.74, 6) is 0.712. The van der Waals surface area contributed by atoms with E-state index >= 15 is 0 Å². The normalized spacial score (nSPS) is 16.2. The number of rotatable bonds is 1. The fourth-order valence-electron chi connectivity index (χ4n) is 1.51. The zero-order chi connectivity index (χ0) is 8.55. The number of ether oxygens (including phenoxy) is 1. The predicted octanol–water partition coefficient (Wildman–Crippen LogP) is 1.04. The molecule has 2 rings (SSSR count). The quantitative estimate of drug-likeness (QED) is 0.620. The number of nitrogens with zero attached hydrogens (tertiary/aromatic N) is 2. The van der Waals surface area contributed by atoms with E-state index in [1.54, 1.807) is 7.11 Å². The molecule has 3 nitrogen and oxygen atoms in total. The lowest BCUT2D eigenvalue weighted by Gasteiger charge is -2.02. The molecule has 0 bridgehead atoms. The van der Waals surface area contributed by atoms with Gasteiger partial charge in [-0.15, -0.1) is 0 Å². The Bertz CT molecular complexity index is 299. The molecule has 0 spiro atoms. The average molecular weight is 164 g/mol. The topological polar surface area (TPSA) is 25.4 Å². The van der Waals surface area contributed by atoms with Gasteiger partial charge in [-0.2, -0.15) is 0 Å². The largest absolute Gasteiger partial charge is 0.481 e. The smallest absolute Gasteiger partial charge is 0.213 e. The molecular weight excluding hydrogens is 152 g/mol. The van der Waals surface area contributed by atoms with E-state index in [4.69, 9.17) is 4.74 Å². The van der Waals surface area contributed by atoms with Gasteiger partial charge in [-0.25, -0.2) is 4.98 Å². The van der Waals surface area contributed by atoms with Crippen molar-refractivity contribution in [3.63, 3.8) is 0 Å². The Morgan fingerprint density at radius 1 is 1.42 bits per heavy atom. The highest BCUT2D eigenvalue weighted by atomic mass is 16.5. The molecule has 0 aromatic carbocycles. The average Bonchev–Trinajstić information content (AvgIpc) is 2.43. The van der Waals surface area contributed by atoms with Crippen molar-refractivity contribution < 1.29 is 4.74 Å². The van der Waals surface area contributed by atoms with Crippen LogP contribution in [-0.4, -0.2) is 24.0 Å². The van der Waals surface area contributed by atoms with Crippen molar-refractivity contribution in [2.45, 2.75) is 13.1 Å². The van der Waals surface area contributed by atoms with Crippen LogP contribution in [-0.2, 0) is 13.1 Å². The highest BCUT2D eigenvalue weighted by Crippen LogP contribution is 2.21. The number of hydrogen-bond donors (Lipinski definition) is 0. The first-order chi connectivity index (χ1) is 5.79. The van der Waals surface area contributed by atoms with E-state index in [0.717, 1.165) is 18.8 Å². The third kappa shape index (κ3) is 1.16. The molecule has 0 aliphatic carbocycles. The van der Waals surface area contributed by atoms with Gasteiger partial charge in [0, 0.05) is 19.2 Å². The number of fused-ring (bicyclic) bond motifs is 1. The van der Waals surface area contributed by atoms with E-state index in [0.29, 0.717) is 5.88 Å². The van der Waals surface area contributed by atoms with Crippen molar-refractivity contribution in [2.24, 2.45) is 0 Å². The summed E-state index contributed by atoms with van der Waals surface area (Å²) in [4.78, 5) is 6.59. The van der Waals surface area contributed by atoms with Crippen molar-refractivity contribution in [3.8, 4) is 5.88 Å². The van der Waals surface area contributed by atoms with Crippen LogP contribution in [0.4, 0.5) is 0 Å². The summed E-state index contributed by atoms with van der Waals surface area (Å²) < 4.78 is 5.05. The van der Waals surface area contributed by atoms with Crippen LogP contribution in [0.1, 0.15) is 11.3 Å². The summed E-state index contributed by atoms with van der Waals surface area (Å²) in [6.07, 6.45) is 0. The molecular formula is C9H12N2O. The van der Waals surface area contributed by atoms with Gasteiger partial charge in [0.2, 0.25) is 5.88 Å². The maximum atomic E-state index is 5.05. The third-order valence-corrected chi connectivity index (χ3v) is 2.11. The molecule has 0 amide bonds. The zero-order valence-electron chi connectivity index (χ0n) is 7.37. The van der Waals surface area contributed by atoms with Crippen LogP contribution in [0.5, 0.6) is 5.88 Å². The number of pyridine rings is 1. The van der Waals surface area contributed by atoms with Gasteiger partial charge in [-0.05, 0) is 12.6 Å². The fraction of sp³-hybridized carbons (Fsp3) is 0.444. The Morgan fingerprint density at radius 2 is 2.25 bits per heavy atom. The third-order valence-electron chi connectivity index (χ3n) is 2.11. The highest BCUT2D eigenvalue weighted by molar-refractivity contribution is 5.28. The molecule has 0 radical (unpaired) electrons. The Labute approximate surface area is 72.0 Å². The summed E-state index contributed by atoms with van der Waals surface area (Å²) >= 11 is 0. The molecule has 0 N–H and O–H groups in total. The second-order valence-corrected chi connectivity index (χ2v) is 3.13. The standard InChI is InChI=1S/C9H12N2O/c1-11-5-7-3-4-9(12-2)10-8(7)6-11/h3-4H,5-6H2,1-2H3. The van der Waals surface area contributed by atoms with Crippen molar-refractivity contribution >= 4 is 0 Å². The van der Waals surface area contributed by atoms with Crippen LogP contribution in [0.25, 0.3) is 0 Å². The maximum absolute atomic E-state index is 5.05. The molecule has 0 unspecified atom stereocenters. The lowest BCUT2D eigenvalue weighted by Crippen LogP contribution is -2.07. The zero-order valence-corrected chi connectivity index (χ0v) is 7.37. The van der Waals surface area contributed by atoms with Crippen LogP contribution in [0.2, 0.25) is 0 Å². The number of methoxy groups -OCH3 is 1. The molecule has 1 aromatic heterocycles. The monoisotopic (exact) mass is 164 g/mol. The second-order valence-electron chi connectivity index (χ2n) is 3.13. The SMILES string of the molecule is COc1ccc2c(n1)CN(C)C2. The predicted molar refractivity (Wildman–Crippen MR) is 46.0 cm³/mol. The Hall–Kier alpha value is -1.09. The van der Waals surface area contributed by atoms with Gasteiger partial charge in [0.15, 0.2) is 0 Å². The number of aromatic nitrogens is 1. The lowest BCUT2D eigenvalue weighted by atomic mass is 10.2. The molecule has 0 fully saturated rings. The van der Waals surface area contributed by atoms with Crippen LogP contribution >= 0.6 is 0 Å². The van der Waals surface area contributed by atoms with E-state index in [1.165, 1.54) is 5.56 Å². The molecule has 0 saturated heterocycles. The van der Waals surface area contributed by atoms with Crippen molar-refractivity contribution in [1.29, 1.82) is 0 Å². The van der Waals surface area contributed by atoms with Gasteiger partial charge < -0.3 is 4.74 Å². The van der Waals surface area contributed by atoms with Crippen molar-refractivity contribution in [1.82, 2.24) is 9.88 Å². The Kier molecular flexibility index (Phi) is 1.73. The van der Waals surface area contributed by atoms with Crippen LogP contribution in [0.15, 0.2) is 12.1 Å². The van der Waals surface area contributed by atoms with Crippen LogP contribution < -0.4 is 4.74 Å². The number of hydrogen-bond acceptors (Lipinski definition) is 3. The molecule has 1 aliphatic heterocycles. The van der Waals surface area contributed by atoms with Gasteiger partial charge in [-0.1, -0.05) is 6.07 Å². The van der Waals surface area contributed by atoms with E-state index < -0.39 is 0 Å². The second kappa shape index (κ2) is 2.75. The van der Waals surface area contributed by atoms with Crippen molar-refractivity contribution in [3.05, 3.63) is 23.4 Å². The van der Waals surface area contributed by atoms with Gasteiger partial charge in [0.25, 0.3) is 0 Å². The Balaban J connectivity index is 2.35. The first-order valence-electron chi connectivity index (χ1n) is 4.01. The molecule has 1 aliphatic rings. The molecule has 0 atom stereocenters. The maximum Gasteiger partial charge on any atom is 0.213 e. The van der Waals surface area contributed by atoms with Crippen molar-refractivity contribution in [2.75, 3.05) is 14.2 Å². The fourth-order valence-corrected chi connectivity index (χ4v) is 1.51. The molecule has 12 heavy (non-hydrogen) atoms. The lowest BCUT2D eigenvalue weighted by molar-refractivity contribution is 0.349. The van der Waals surface area contributed by atoms with E-state index in [9.17, 15) is 0 Å². The van der Waals surface area contributed by atoms with Crippen LogP contribution in [0, 0.1) is 0 Å².